The molecule has 1 aliphatic carbocycles. The van der Waals surface area contributed by atoms with Crippen molar-refractivity contribution in [2.24, 2.45) is 0 Å². The summed E-state index contributed by atoms with van der Waals surface area (Å²) in [4.78, 5) is 9.49. The summed E-state index contributed by atoms with van der Waals surface area (Å²) >= 11 is 2.34. The lowest BCUT2D eigenvalue weighted by atomic mass is 9.95. The SMILES string of the molecule is CC(C)(C)c1nc(NC2CC2)c2cc(I)ccc2n1. The summed E-state index contributed by atoms with van der Waals surface area (Å²) in [6, 6.07) is 6.95. The quantitative estimate of drug-likeness (QED) is 0.812. The van der Waals surface area contributed by atoms with Crippen LogP contribution in [0.1, 0.15) is 39.4 Å². The smallest absolute Gasteiger partial charge is 0.137 e. The second-order valence-electron chi connectivity index (χ2n) is 6.23. The maximum absolute atomic E-state index is 4.77. The predicted octanol–water partition coefficient (Wildman–Crippen LogP) is 4.11. The minimum Gasteiger partial charge on any atom is -0.367 e. The van der Waals surface area contributed by atoms with Crippen LogP contribution in [0.15, 0.2) is 18.2 Å². The molecule has 1 fully saturated rings. The van der Waals surface area contributed by atoms with Crippen molar-refractivity contribution in [1.82, 2.24) is 9.97 Å². The van der Waals surface area contributed by atoms with E-state index in [1.165, 1.54) is 16.4 Å². The van der Waals surface area contributed by atoms with Crippen LogP contribution < -0.4 is 5.32 Å². The van der Waals surface area contributed by atoms with Gasteiger partial charge in [0.05, 0.1) is 5.52 Å². The first-order valence-corrected chi connectivity index (χ1v) is 7.76. The highest BCUT2D eigenvalue weighted by Gasteiger charge is 2.25. The molecule has 1 saturated carbocycles. The van der Waals surface area contributed by atoms with E-state index < -0.39 is 0 Å². The number of anilines is 1. The first kappa shape index (κ1) is 13.1. The van der Waals surface area contributed by atoms with Crippen molar-refractivity contribution in [1.29, 1.82) is 0 Å². The Morgan fingerprint density at radius 2 is 1.95 bits per heavy atom. The zero-order valence-corrected chi connectivity index (χ0v) is 13.7. The van der Waals surface area contributed by atoms with Gasteiger partial charge >= 0.3 is 0 Å². The molecule has 3 rings (SSSR count). The van der Waals surface area contributed by atoms with E-state index >= 15 is 0 Å². The molecule has 1 N–H and O–H groups in total. The lowest BCUT2D eigenvalue weighted by Crippen LogP contribution is -2.18. The molecular weight excluding hydrogens is 349 g/mol. The van der Waals surface area contributed by atoms with E-state index in [0.717, 1.165) is 22.5 Å². The van der Waals surface area contributed by atoms with Gasteiger partial charge in [-0.1, -0.05) is 20.8 Å². The number of hydrogen-bond donors (Lipinski definition) is 1. The van der Waals surface area contributed by atoms with Gasteiger partial charge in [0.15, 0.2) is 0 Å². The Bertz CT molecular complexity index is 627. The van der Waals surface area contributed by atoms with Crippen LogP contribution >= 0.6 is 22.6 Å². The molecular formula is C15H18IN3. The molecule has 1 aromatic carbocycles. The average molecular weight is 367 g/mol. The number of nitrogens with zero attached hydrogens (tertiary/aromatic N) is 2. The minimum atomic E-state index is -0.0306. The lowest BCUT2D eigenvalue weighted by molar-refractivity contribution is 0.549. The van der Waals surface area contributed by atoms with Crippen LogP contribution in [0.25, 0.3) is 10.9 Å². The van der Waals surface area contributed by atoms with Gasteiger partial charge < -0.3 is 5.32 Å². The van der Waals surface area contributed by atoms with E-state index in [0.29, 0.717) is 6.04 Å². The van der Waals surface area contributed by atoms with Gasteiger partial charge in [0, 0.05) is 20.4 Å². The summed E-state index contributed by atoms with van der Waals surface area (Å²) in [5.41, 5.74) is 1.00. The van der Waals surface area contributed by atoms with Crippen molar-refractivity contribution >= 4 is 39.3 Å². The van der Waals surface area contributed by atoms with Gasteiger partial charge in [0.1, 0.15) is 11.6 Å². The molecule has 2 aromatic rings. The van der Waals surface area contributed by atoms with Crippen molar-refractivity contribution < 1.29 is 0 Å². The maximum atomic E-state index is 4.77. The van der Waals surface area contributed by atoms with Crippen LogP contribution in [0, 0.1) is 3.57 Å². The number of nitrogens with one attached hydrogen (secondary N) is 1. The fourth-order valence-corrected chi connectivity index (χ4v) is 2.46. The Labute approximate surface area is 127 Å². The number of fused-ring (bicyclic) bond motifs is 1. The highest BCUT2D eigenvalue weighted by molar-refractivity contribution is 14.1. The zero-order valence-electron chi connectivity index (χ0n) is 11.5. The third kappa shape index (κ3) is 2.83. The fraction of sp³-hybridized carbons (Fsp3) is 0.467. The first-order chi connectivity index (χ1) is 8.93. The summed E-state index contributed by atoms with van der Waals surface area (Å²) < 4.78 is 1.22. The molecule has 0 bridgehead atoms. The maximum Gasteiger partial charge on any atom is 0.137 e. The van der Waals surface area contributed by atoms with Gasteiger partial charge in [-0.3, -0.25) is 0 Å². The Balaban J connectivity index is 2.18. The Kier molecular flexibility index (Phi) is 3.15. The standard InChI is InChI=1S/C15H18IN3/c1-15(2,3)14-18-12-7-4-9(16)8-11(12)13(19-14)17-10-5-6-10/h4,7-8,10H,5-6H2,1-3H3,(H,17,18,19). The van der Waals surface area contributed by atoms with Crippen LogP contribution in [0.4, 0.5) is 5.82 Å². The van der Waals surface area contributed by atoms with E-state index in [1.807, 2.05) is 0 Å². The van der Waals surface area contributed by atoms with Crippen LogP contribution in [0.5, 0.6) is 0 Å². The van der Waals surface area contributed by atoms with Crippen LogP contribution in [0.3, 0.4) is 0 Å². The molecule has 1 aliphatic rings. The van der Waals surface area contributed by atoms with E-state index in [-0.39, 0.29) is 5.41 Å². The summed E-state index contributed by atoms with van der Waals surface area (Å²) in [6.45, 7) is 6.46. The molecule has 3 nitrogen and oxygen atoms in total. The second-order valence-corrected chi connectivity index (χ2v) is 7.47. The Morgan fingerprint density at radius 3 is 2.58 bits per heavy atom. The van der Waals surface area contributed by atoms with E-state index in [1.54, 1.807) is 0 Å². The molecule has 19 heavy (non-hydrogen) atoms. The molecule has 0 radical (unpaired) electrons. The Morgan fingerprint density at radius 1 is 1.21 bits per heavy atom. The molecule has 0 spiro atoms. The molecule has 0 saturated heterocycles. The first-order valence-electron chi connectivity index (χ1n) is 6.68. The second kappa shape index (κ2) is 4.58. The van der Waals surface area contributed by atoms with Gasteiger partial charge in [0.2, 0.25) is 0 Å². The minimum absolute atomic E-state index is 0.0306. The molecule has 0 atom stereocenters. The van der Waals surface area contributed by atoms with Crippen LogP contribution in [-0.2, 0) is 5.41 Å². The summed E-state index contributed by atoms with van der Waals surface area (Å²) in [7, 11) is 0. The van der Waals surface area contributed by atoms with Crippen molar-refractivity contribution in [3.05, 3.63) is 27.6 Å². The number of aromatic nitrogens is 2. The Hall–Kier alpha value is -0.910. The molecule has 0 amide bonds. The number of benzene rings is 1. The molecule has 0 aliphatic heterocycles. The van der Waals surface area contributed by atoms with Crippen LogP contribution in [0.2, 0.25) is 0 Å². The van der Waals surface area contributed by atoms with Crippen molar-refractivity contribution in [3.8, 4) is 0 Å². The van der Waals surface area contributed by atoms with Crippen molar-refractivity contribution in [2.75, 3.05) is 5.32 Å². The predicted molar refractivity (Wildman–Crippen MR) is 87.6 cm³/mol. The molecule has 1 heterocycles. The highest BCUT2D eigenvalue weighted by atomic mass is 127. The molecule has 0 unspecified atom stereocenters. The van der Waals surface area contributed by atoms with E-state index in [2.05, 4.69) is 66.9 Å². The van der Waals surface area contributed by atoms with E-state index in [9.17, 15) is 0 Å². The monoisotopic (exact) mass is 367 g/mol. The van der Waals surface area contributed by atoms with Crippen LogP contribution in [-0.4, -0.2) is 16.0 Å². The average Bonchev–Trinajstić information content (AvgIpc) is 3.12. The van der Waals surface area contributed by atoms with Gasteiger partial charge in [-0.05, 0) is 53.6 Å². The summed E-state index contributed by atoms with van der Waals surface area (Å²) in [5.74, 6) is 1.90. The van der Waals surface area contributed by atoms with Gasteiger partial charge in [-0.25, -0.2) is 9.97 Å². The fourth-order valence-electron chi connectivity index (χ4n) is 1.97. The largest absolute Gasteiger partial charge is 0.367 e. The summed E-state index contributed by atoms with van der Waals surface area (Å²) in [6.07, 6.45) is 2.50. The van der Waals surface area contributed by atoms with Gasteiger partial charge in [-0.2, -0.15) is 0 Å². The zero-order chi connectivity index (χ0) is 13.6. The highest BCUT2D eigenvalue weighted by Crippen LogP contribution is 2.31. The number of rotatable bonds is 2. The van der Waals surface area contributed by atoms with Gasteiger partial charge in [-0.15, -0.1) is 0 Å². The lowest BCUT2D eigenvalue weighted by Gasteiger charge is -2.19. The molecule has 1 aromatic heterocycles. The molecule has 4 heteroatoms. The van der Waals surface area contributed by atoms with Crippen molar-refractivity contribution in [3.63, 3.8) is 0 Å². The number of hydrogen-bond acceptors (Lipinski definition) is 3. The number of halogens is 1. The normalized spacial score (nSPS) is 15.8. The summed E-state index contributed by atoms with van der Waals surface area (Å²) in [5, 5.41) is 4.68. The third-order valence-electron chi connectivity index (χ3n) is 3.25. The third-order valence-corrected chi connectivity index (χ3v) is 3.92. The van der Waals surface area contributed by atoms with E-state index in [4.69, 9.17) is 9.97 Å². The van der Waals surface area contributed by atoms with Crippen molar-refractivity contribution in [2.45, 2.75) is 45.1 Å². The topological polar surface area (TPSA) is 37.8 Å². The van der Waals surface area contributed by atoms with Gasteiger partial charge in [0.25, 0.3) is 0 Å². The molecule has 100 valence electrons.